The van der Waals surface area contributed by atoms with E-state index in [1.807, 2.05) is 25.2 Å². The Hall–Kier alpha value is -1.55. The number of carboxylic acids is 1. The summed E-state index contributed by atoms with van der Waals surface area (Å²) in [4.78, 5) is 13.0. The lowest BCUT2D eigenvalue weighted by Gasteiger charge is -2.39. The van der Waals surface area contributed by atoms with Crippen LogP contribution in [-0.2, 0) is 11.3 Å². The van der Waals surface area contributed by atoms with Crippen molar-refractivity contribution in [2.75, 3.05) is 14.2 Å². The second-order valence-electron chi connectivity index (χ2n) is 4.93. The quantitative estimate of drug-likeness (QED) is 0.867. The highest BCUT2D eigenvalue weighted by Gasteiger charge is 2.36. The van der Waals surface area contributed by atoms with Gasteiger partial charge in [0.2, 0.25) is 0 Å². The van der Waals surface area contributed by atoms with Crippen molar-refractivity contribution in [1.29, 1.82) is 0 Å². The molecule has 0 aliphatic heterocycles. The van der Waals surface area contributed by atoms with Gasteiger partial charge in [0.25, 0.3) is 0 Å². The third kappa shape index (κ3) is 2.82. The molecule has 0 amide bonds. The monoisotopic (exact) mass is 249 g/mol. The van der Waals surface area contributed by atoms with E-state index in [2.05, 4.69) is 11.0 Å². The molecule has 0 saturated heterocycles. The molecule has 2 rings (SSSR count). The summed E-state index contributed by atoms with van der Waals surface area (Å²) >= 11 is 0. The van der Waals surface area contributed by atoms with Crippen LogP contribution in [0, 0.1) is 5.92 Å². The number of hydrogen-bond donors (Lipinski definition) is 1. The zero-order chi connectivity index (χ0) is 13.1. The molecule has 0 aromatic heterocycles. The summed E-state index contributed by atoms with van der Waals surface area (Å²) in [6.45, 7) is 0.828. The smallest absolute Gasteiger partial charge is 0.306 e. The van der Waals surface area contributed by atoms with Crippen molar-refractivity contribution in [3.8, 4) is 5.75 Å². The summed E-state index contributed by atoms with van der Waals surface area (Å²) in [7, 11) is 3.70. The van der Waals surface area contributed by atoms with E-state index in [0.29, 0.717) is 6.04 Å². The fraction of sp³-hybridized carbons (Fsp3) is 0.500. The van der Waals surface area contributed by atoms with Crippen molar-refractivity contribution < 1.29 is 14.6 Å². The van der Waals surface area contributed by atoms with Gasteiger partial charge in [-0.05, 0) is 37.6 Å². The Morgan fingerprint density at radius 2 is 2.22 bits per heavy atom. The number of ether oxygens (including phenoxy) is 1. The molecule has 1 fully saturated rings. The van der Waals surface area contributed by atoms with Crippen LogP contribution in [0.15, 0.2) is 24.3 Å². The number of aliphatic carboxylic acids is 1. The molecule has 98 valence electrons. The average molecular weight is 249 g/mol. The second-order valence-corrected chi connectivity index (χ2v) is 4.93. The molecule has 0 radical (unpaired) electrons. The van der Waals surface area contributed by atoms with Crippen LogP contribution in [0.1, 0.15) is 18.4 Å². The van der Waals surface area contributed by atoms with Gasteiger partial charge < -0.3 is 9.84 Å². The fourth-order valence-electron chi connectivity index (χ4n) is 2.34. The van der Waals surface area contributed by atoms with Crippen LogP contribution in [0.4, 0.5) is 0 Å². The molecule has 0 heterocycles. The lowest BCUT2D eigenvalue weighted by atomic mass is 9.79. The van der Waals surface area contributed by atoms with Gasteiger partial charge in [-0.25, -0.2) is 0 Å². The molecule has 4 nitrogen and oxygen atoms in total. The van der Waals surface area contributed by atoms with E-state index in [4.69, 9.17) is 9.84 Å². The normalized spacial score (nSPS) is 22.6. The Morgan fingerprint density at radius 1 is 1.50 bits per heavy atom. The number of carboxylic acid groups (broad SMARTS) is 1. The number of nitrogens with zero attached hydrogens (tertiary/aromatic N) is 1. The highest BCUT2D eigenvalue weighted by atomic mass is 16.5. The van der Waals surface area contributed by atoms with Crippen molar-refractivity contribution in [1.82, 2.24) is 4.90 Å². The van der Waals surface area contributed by atoms with Gasteiger partial charge in [-0.15, -0.1) is 0 Å². The van der Waals surface area contributed by atoms with Crippen molar-refractivity contribution in [3.05, 3.63) is 29.8 Å². The van der Waals surface area contributed by atoms with Crippen LogP contribution in [0.3, 0.4) is 0 Å². The van der Waals surface area contributed by atoms with Crippen molar-refractivity contribution in [2.24, 2.45) is 5.92 Å². The van der Waals surface area contributed by atoms with Crippen molar-refractivity contribution in [2.45, 2.75) is 25.4 Å². The van der Waals surface area contributed by atoms with E-state index >= 15 is 0 Å². The number of methoxy groups -OCH3 is 1. The Morgan fingerprint density at radius 3 is 2.83 bits per heavy atom. The van der Waals surface area contributed by atoms with E-state index in [1.54, 1.807) is 7.11 Å². The summed E-state index contributed by atoms with van der Waals surface area (Å²) in [5.74, 6) is 0.0433. The first kappa shape index (κ1) is 12.9. The van der Waals surface area contributed by atoms with Gasteiger partial charge in [0.05, 0.1) is 13.0 Å². The second kappa shape index (κ2) is 5.40. The molecule has 18 heavy (non-hydrogen) atoms. The summed E-state index contributed by atoms with van der Waals surface area (Å²) in [5.41, 5.74) is 1.19. The highest BCUT2D eigenvalue weighted by molar-refractivity contribution is 5.71. The van der Waals surface area contributed by atoms with Crippen LogP contribution in [0.2, 0.25) is 0 Å². The van der Waals surface area contributed by atoms with Gasteiger partial charge in [-0.2, -0.15) is 0 Å². The first-order chi connectivity index (χ1) is 8.60. The van der Waals surface area contributed by atoms with Crippen molar-refractivity contribution in [3.63, 3.8) is 0 Å². The Balaban J connectivity index is 1.88. The van der Waals surface area contributed by atoms with E-state index in [0.717, 1.165) is 25.1 Å². The zero-order valence-electron chi connectivity index (χ0n) is 10.8. The summed E-state index contributed by atoms with van der Waals surface area (Å²) in [5, 5.41) is 8.86. The molecule has 1 N–H and O–H groups in total. The largest absolute Gasteiger partial charge is 0.497 e. The van der Waals surface area contributed by atoms with Gasteiger partial charge in [0.15, 0.2) is 0 Å². The Labute approximate surface area is 107 Å². The molecule has 1 aromatic rings. The summed E-state index contributed by atoms with van der Waals surface area (Å²) in [6.07, 6.45) is 1.52. The summed E-state index contributed by atoms with van der Waals surface area (Å²) in [6, 6.07) is 8.36. The standard InChI is InChI=1S/C14H19NO3/c1-15(12-7-11(8-12)14(16)17)9-10-4-3-5-13(6-10)18-2/h3-6,11-12H,7-9H2,1-2H3,(H,16,17). The van der Waals surface area contributed by atoms with Gasteiger partial charge in [0.1, 0.15) is 5.75 Å². The van der Waals surface area contributed by atoms with Gasteiger partial charge in [-0.3, -0.25) is 9.69 Å². The first-order valence-electron chi connectivity index (χ1n) is 6.16. The minimum atomic E-state index is -0.666. The molecule has 0 atom stereocenters. The van der Waals surface area contributed by atoms with Gasteiger partial charge in [0, 0.05) is 12.6 Å². The maximum Gasteiger partial charge on any atom is 0.306 e. The SMILES string of the molecule is COc1cccc(CN(C)C2CC(C(=O)O)C2)c1. The van der Waals surface area contributed by atoms with Crippen LogP contribution in [0.25, 0.3) is 0 Å². The first-order valence-corrected chi connectivity index (χ1v) is 6.16. The average Bonchev–Trinajstić information content (AvgIpc) is 2.26. The van der Waals surface area contributed by atoms with E-state index < -0.39 is 5.97 Å². The number of hydrogen-bond acceptors (Lipinski definition) is 3. The molecule has 1 saturated carbocycles. The Bertz CT molecular complexity index is 427. The zero-order valence-corrected chi connectivity index (χ0v) is 10.8. The topological polar surface area (TPSA) is 49.8 Å². The van der Waals surface area contributed by atoms with Crippen LogP contribution in [-0.4, -0.2) is 36.2 Å². The maximum absolute atomic E-state index is 10.8. The van der Waals surface area contributed by atoms with E-state index in [1.165, 1.54) is 5.56 Å². The molecule has 1 aromatic carbocycles. The van der Waals surface area contributed by atoms with Crippen molar-refractivity contribution >= 4 is 5.97 Å². The molecule has 4 heteroatoms. The predicted octanol–water partition coefficient (Wildman–Crippen LogP) is 1.99. The molecule has 1 aliphatic carbocycles. The van der Waals surface area contributed by atoms with E-state index in [9.17, 15) is 4.79 Å². The lowest BCUT2D eigenvalue weighted by molar-refractivity contribution is -0.146. The molecular weight excluding hydrogens is 230 g/mol. The number of rotatable bonds is 5. The molecule has 0 bridgehead atoms. The third-order valence-corrected chi connectivity index (χ3v) is 3.65. The van der Waals surface area contributed by atoms with E-state index in [-0.39, 0.29) is 5.92 Å². The predicted molar refractivity (Wildman–Crippen MR) is 68.6 cm³/mol. The number of carbonyl (C=O) groups is 1. The Kier molecular flexibility index (Phi) is 3.87. The van der Waals surface area contributed by atoms with Gasteiger partial charge >= 0.3 is 5.97 Å². The number of benzene rings is 1. The molecular formula is C14H19NO3. The molecule has 0 unspecified atom stereocenters. The molecule has 1 aliphatic rings. The molecule has 0 spiro atoms. The van der Waals surface area contributed by atoms with Crippen LogP contribution < -0.4 is 4.74 Å². The maximum atomic E-state index is 10.8. The summed E-state index contributed by atoms with van der Waals surface area (Å²) < 4.78 is 5.19. The lowest BCUT2D eigenvalue weighted by Crippen LogP contribution is -2.44. The highest BCUT2D eigenvalue weighted by Crippen LogP contribution is 2.32. The van der Waals surface area contributed by atoms with Crippen LogP contribution >= 0.6 is 0 Å². The van der Waals surface area contributed by atoms with Gasteiger partial charge in [-0.1, -0.05) is 12.1 Å². The minimum absolute atomic E-state index is 0.150. The fourth-order valence-corrected chi connectivity index (χ4v) is 2.34. The van der Waals surface area contributed by atoms with Crippen LogP contribution in [0.5, 0.6) is 5.75 Å². The minimum Gasteiger partial charge on any atom is -0.497 e. The third-order valence-electron chi connectivity index (χ3n) is 3.65.